The molecule has 0 bridgehead atoms. The maximum absolute atomic E-state index is 12.0. The largest absolute Gasteiger partial charge is 0.508 e. The number of rotatable bonds is 3. The first kappa shape index (κ1) is 9.99. The number of aryl methyl sites for hydroxylation is 1. The van der Waals surface area contributed by atoms with Gasteiger partial charge in [0, 0.05) is 11.6 Å². The molecule has 3 N–H and O–H groups in total. The Kier molecular flexibility index (Phi) is 3.25. The van der Waals surface area contributed by atoms with Gasteiger partial charge < -0.3 is 10.8 Å². The molecule has 1 rings (SSSR count). The third-order valence-corrected chi connectivity index (χ3v) is 2.01. The molecule has 0 spiro atoms. The van der Waals surface area contributed by atoms with Gasteiger partial charge in [0.05, 0.1) is 6.67 Å². The van der Waals surface area contributed by atoms with Crippen LogP contribution < -0.4 is 5.73 Å². The molecular weight excluding hydrogens is 169 g/mol. The fraction of sp³-hybridized carbons (Fsp3) is 0.400. The molecule has 0 radical (unpaired) electrons. The van der Waals surface area contributed by atoms with Gasteiger partial charge in [-0.15, -0.1) is 0 Å². The smallest absolute Gasteiger partial charge is 0.120 e. The predicted octanol–water partition coefficient (Wildman–Crippen LogP) is 2.06. The number of phenolic OH excluding ortho intramolecular Hbond substituents is 1. The minimum Gasteiger partial charge on any atom is -0.508 e. The van der Waals surface area contributed by atoms with E-state index in [1.807, 2.05) is 13.0 Å². The minimum atomic E-state index is -0.464. The Hall–Kier alpha value is -1.09. The van der Waals surface area contributed by atoms with E-state index in [4.69, 9.17) is 5.73 Å². The second kappa shape index (κ2) is 4.23. The van der Waals surface area contributed by atoms with Crippen LogP contribution in [0.3, 0.4) is 0 Å². The van der Waals surface area contributed by atoms with Crippen LogP contribution in [0.5, 0.6) is 5.75 Å². The van der Waals surface area contributed by atoms with E-state index in [0.717, 1.165) is 5.56 Å². The van der Waals surface area contributed by atoms with Gasteiger partial charge in [0.25, 0.3) is 0 Å². The second-order valence-corrected chi connectivity index (χ2v) is 3.15. The van der Waals surface area contributed by atoms with Gasteiger partial charge in [0.15, 0.2) is 0 Å². The number of benzene rings is 1. The van der Waals surface area contributed by atoms with Gasteiger partial charge in [-0.2, -0.15) is 0 Å². The molecule has 1 aromatic rings. The van der Waals surface area contributed by atoms with E-state index in [1.54, 1.807) is 12.1 Å². The highest BCUT2D eigenvalue weighted by Crippen LogP contribution is 2.25. The lowest BCUT2D eigenvalue weighted by atomic mass is 10.0. The van der Waals surface area contributed by atoms with Gasteiger partial charge in [0.2, 0.25) is 0 Å². The Labute approximate surface area is 77.2 Å². The van der Waals surface area contributed by atoms with Crippen LogP contribution in [0.1, 0.15) is 23.6 Å². The van der Waals surface area contributed by atoms with Crippen molar-refractivity contribution in [2.45, 2.75) is 19.4 Å². The number of halogens is 1. The van der Waals surface area contributed by atoms with E-state index < -0.39 is 12.7 Å². The van der Waals surface area contributed by atoms with Crippen molar-refractivity contribution in [3.63, 3.8) is 0 Å². The summed E-state index contributed by atoms with van der Waals surface area (Å²) in [6.07, 6.45) is 0.247. The van der Waals surface area contributed by atoms with Crippen molar-refractivity contribution in [1.82, 2.24) is 0 Å². The maximum Gasteiger partial charge on any atom is 0.120 e. The van der Waals surface area contributed by atoms with E-state index in [-0.39, 0.29) is 12.2 Å². The molecule has 72 valence electrons. The molecule has 0 heterocycles. The molecular formula is C10H14FNO. The number of hydrogen-bond donors (Lipinski definition) is 2. The van der Waals surface area contributed by atoms with Gasteiger partial charge >= 0.3 is 0 Å². The maximum atomic E-state index is 12.0. The van der Waals surface area contributed by atoms with Crippen LogP contribution in [-0.2, 0) is 0 Å². The molecule has 0 fully saturated rings. The van der Waals surface area contributed by atoms with Crippen LogP contribution in [0, 0.1) is 6.92 Å². The molecule has 0 aliphatic rings. The minimum absolute atomic E-state index is 0.154. The normalized spacial score (nSPS) is 12.8. The fourth-order valence-electron chi connectivity index (χ4n) is 1.24. The van der Waals surface area contributed by atoms with Crippen molar-refractivity contribution in [3.05, 3.63) is 29.3 Å². The molecule has 0 aliphatic heterocycles. The van der Waals surface area contributed by atoms with Crippen LogP contribution >= 0.6 is 0 Å². The van der Waals surface area contributed by atoms with Crippen molar-refractivity contribution in [1.29, 1.82) is 0 Å². The third kappa shape index (κ3) is 2.42. The lowest BCUT2D eigenvalue weighted by Crippen LogP contribution is -2.11. The Morgan fingerprint density at radius 1 is 1.54 bits per heavy atom. The summed E-state index contributed by atoms with van der Waals surface area (Å²) in [6.45, 7) is 1.42. The monoisotopic (exact) mass is 183 g/mol. The molecule has 1 aromatic carbocycles. The lowest BCUT2D eigenvalue weighted by Gasteiger charge is -2.11. The van der Waals surface area contributed by atoms with Crippen LogP contribution in [0.25, 0.3) is 0 Å². The number of aromatic hydroxyl groups is 1. The number of phenols is 1. The molecule has 1 atom stereocenters. The first-order valence-electron chi connectivity index (χ1n) is 4.26. The summed E-state index contributed by atoms with van der Waals surface area (Å²) in [6, 6.07) is 4.82. The van der Waals surface area contributed by atoms with Gasteiger partial charge in [-0.05, 0) is 25.0 Å². The van der Waals surface area contributed by atoms with Gasteiger partial charge in [-0.3, -0.25) is 4.39 Å². The van der Waals surface area contributed by atoms with Gasteiger partial charge in [0.1, 0.15) is 5.75 Å². The zero-order chi connectivity index (χ0) is 9.84. The summed E-state index contributed by atoms with van der Waals surface area (Å²) in [5.74, 6) is 0.154. The van der Waals surface area contributed by atoms with Gasteiger partial charge in [-0.25, -0.2) is 0 Å². The Bertz CT molecular complexity index is 288. The van der Waals surface area contributed by atoms with E-state index >= 15 is 0 Å². The topological polar surface area (TPSA) is 46.2 Å². The van der Waals surface area contributed by atoms with Crippen molar-refractivity contribution in [2.75, 3.05) is 6.67 Å². The van der Waals surface area contributed by atoms with E-state index in [0.29, 0.717) is 5.56 Å². The first-order valence-corrected chi connectivity index (χ1v) is 4.26. The summed E-state index contributed by atoms with van der Waals surface area (Å²) < 4.78 is 12.0. The molecule has 0 aliphatic carbocycles. The average molecular weight is 183 g/mol. The van der Waals surface area contributed by atoms with Crippen LogP contribution in [0.2, 0.25) is 0 Å². The molecule has 0 amide bonds. The molecule has 0 aromatic heterocycles. The third-order valence-electron chi connectivity index (χ3n) is 2.01. The molecule has 0 saturated carbocycles. The highest BCUT2D eigenvalue weighted by atomic mass is 19.1. The molecule has 2 nitrogen and oxygen atoms in total. The number of hydrogen-bond acceptors (Lipinski definition) is 2. The summed E-state index contributed by atoms with van der Waals surface area (Å²) >= 11 is 0. The number of nitrogens with two attached hydrogens (primary N) is 1. The second-order valence-electron chi connectivity index (χ2n) is 3.15. The quantitative estimate of drug-likeness (QED) is 0.753. The Morgan fingerprint density at radius 2 is 2.23 bits per heavy atom. The van der Waals surface area contributed by atoms with Crippen molar-refractivity contribution in [2.24, 2.45) is 5.73 Å². The van der Waals surface area contributed by atoms with E-state index in [9.17, 15) is 9.50 Å². The van der Waals surface area contributed by atoms with Crippen LogP contribution in [-0.4, -0.2) is 11.8 Å². The Balaban J connectivity index is 2.88. The molecule has 0 saturated heterocycles. The van der Waals surface area contributed by atoms with E-state index in [2.05, 4.69) is 0 Å². The number of alkyl halides is 1. The fourth-order valence-corrected chi connectivity index (χ4v) is 1.24. The summed E-state index contributed by atoms with van der Waals surface area (Å²) in [7, 11) is 0. The first-order chi connectivity index (χ1) is 6.15. The summed E-state index contributed by atoms with van der Waals surface area (Å²) in [5.41, 5.74) is 7.24. The van der Waals surface area contributed by atoms with Crippen LogP contribution in [0.4, 0.5) is 4.39 Å². The zero-order valence-corrected chi connectivity index (χ0v) is 7.63. The summed E-state index contributed by atoms with van der Waals surface area (Å²) in [4.78, 5) is 0. The average Bonchev–Trinajstić information content (AvgIpc) is 2.04. The van der Waals surface area contributed by atoms with Crippen molar-refractivity contribution >= 4 is 0 Å². The standard InChI is InChI=1S/C10H14FNO/c1-7-2-3-8(10(13)6-7)9(12)4-5-11/h2-3,6,9,13H,4-5,12H2,1H3/t9-/m1/s1. The molecule has 0 unspecified atom stereocenters. The SMILES string of the molecule is Cc1ccc([C@H](N)CCF)c(O)c1. The highest BCUT2D eigenvalue weighted by molar-refractivity contribution is 5.37. The summed E-state index contributed by atoms with van der Waals surface area (Å²) in [5, 5.41) is 9.49. The van der Waals surface area contributed by atoms with Gasteiger partial charge in [-0.1, -0.05) is 12.1 Å². The highest BCUT2D eigenvalue weighted by Gasteiger charge is 2.09. The van der Waals surface area contributed by atoms with Crippen molar-refractivity contribution in [3.8, 4) is 5.75 Å². The Morgan fingerprint density at radius 3 is 2.77 bits per heavy atom. The molecule has 13 heavy (non-hydrogen) atoms. The van der Waals surface area contributed by atoms with Crippen molar-refractivity contribution < 1.29 is 9.50 Å². The predicted molar refractivity (Wildman–Crippen MR) is 50.4 cm³/mol. The molecule has 3 heteroatoms. The van der Waals surface area contributed by atoms with E-state index in [1.165, 1.54) is 0 Å². The van der Waals surface area contributed by atoms with Crippen LogP contribution in [0.15, 0.2) is 18.2 Å². The lowest BCUT2D eigenvalue weighted by molar-refractivity contribution is 0.424. The zero-order valence-electron chi connectivity index (χ0n) is 7.63.